The normalized spacial score (nSPS) is 30.3. The number of amides is 12. The number of aliphatic carboxylic acids is 1. The van der Waals surface area contributed by atoms with Gasteiger partial charge in [-0.25, -0.2) is 0 Å². The predicted molar refractivity (Wildman–Crippen MR) is 423 cm³/mol. The second kappa shape index (κ2) is 45.2. The summed E-state index contributed by atoms with van der Waals surface area (Å²) < 4.78 is 0. The number of primary amides is 1. The maximum atomic E-state index is 15.1. The van der Waals surface area contributed by atoms with E-state index in [0.717, 1.165) is 30.5 Å². The molecule has 4 fully saturated rings. The number of thioether (sulfide) groups is 2. The van der Waals surface area contributed by atoms with Gasteiger partial charge < -0.3 is 111 Å². The number of aromatic hydroxyl groups is 1. The highest BCUT2D eigenvalue weighted by Crippen LogP contribution is 2.33. The minimum atomic E-state index is -1.79. The van der Waals surface area contributed by atoms with Crippen LogP contribution in [0, 0.1) is 23.2 Å². The zero-order valence-electron chi connectivity index (χ0n) is 65.7. The number of piperidine rings is 1. The van der Waals surface area contributed by atoms with Crippen LogP contribution in [0.5, 0.6) is 5.75 Å². The molecule has 1 aliphatic carbocycles. The molecule has 4 unspecified atom stereocenters. The van der Waals surface area contributed by atoms with Gasteiger partial charge in [0.2, 0.25) is 70.9 Å². The van der Waals surface area contributed by atoms with Crippen molar-refractivity contribution < 1.29 is 87.9 Å². The Balaban J connectivity index is 1.23. The van der Waals surface area contributed by atoms with E-state index >= 15 is 9.59 Å². The van der Waals surface area contributed by atoms with Crippen molar-refractivity contribution in [3.63, 3.8) is 0 Å². The molecule has 2 aromatic rings. The first kappa shape index (κ1) is 91.9. The van der Waals surface area contributed by atoms with Crippen molar-refractivity contribution in [2.75, 3.05) is 37.8 Å². The Morgan fingerprint density at radius 2 is 1.08 bits per heavy atom. The first-order valence-electron chi connectivity index (χ1n) is 39.5. The number of carboxylic acid groups (broad SMARTS) is 1. The summed E-state index contributed by atoms with van der Waals surface area (Å²) >= 11 is 2.72. The highest BCUT2D eigenvalue weighted by Gasteiger charge is 2.44. The number of phenols is 1. The van der Waals surface area contributed by atoms with Gasteiger partial charge in [0.1, 0.15) is 72.2 Å². The number of phenolic OH excluding ortho intramolecular Hbond substituents is 1. The summed E-state index contributed by atoms with van der Waals surface area (Å²) in [6, 6.07) is -3.73. The number of fused-ring (bicyclic) bond motifs is 3. The molecular formula is C77H120N16O18S2. The number of aliphatic hydroxyl groups excluding tert-OH is 3. The molecule has 4 aliphatic heterocycles. The Morgan fingerprint density at radius 1 is 0.566 bits per heavy atom. The van der Waals surface area contributed by atoms with Crippen molar-refractivity contribution in [1.82, 2.24) is 79.8 Å². The number of carboxylic acids is 1. The number of nitrogens with one attached hydrogen (secondary N) is 15. The Hall–Kier alpha value is -8.23. The number of aliphatic hydroxyl groups is 3. The monoisotopic (exact) mass is 1620 g/mol. The van der Waals surface area contributed by atoms with Crippen LogP contribution in [-0.4, -0.2) is 237 Å². The van der Waals surface area contributed by atoms with Crippen LogP contribution < -0.4 is 85.5 Å². The summed E-state index contributed by atoms with van der Waals surface area (Å²) in [7, 11) is 0. The molecule has 0 spiro atoms. The van der Waals surface area contributed by atoms with Gasteiger partial charge in [0.25, 0.3) is 0 Å². The zero-order valence-corrected chi connectivity index (χ0v) is 67.3. The quantitative estimate of drug-likeness (QED) is 0.0798. The average molecular weight is 1620 g/mol. The number of hydrogen-bond donors (Lipinski definition) is 21. The number of nitrogens with two attached hydrogens (primary N) is 1. The summed E-state index contributed by atoms with van der Waals surface area (Å²) in [5, 5.41) is 96.1. The molecule has 5 aliphatic rings. The lowest BCUT2D eigenvalue weighted by molar-refractivity contribution is -0.139. The molecular weight excluding hydrogens is 1500 g/mol. The molecule has 7 rings (SSSR count). The van der Waals surface area contributed by atoms with Crippen LogP contribution in [0.15, 0.2) is 48.5 Å². The molecule has 2 bridgehead atoms. The Bertz CT molecular complexity index is 3560. The molecule has 2 aromatic carbocycles. The predicted octanol–water partition coefficient (Wildman–Crippen LogP) is -1.62. The van der Waals surface area contributed by atoms with Gasteiger partial charge in [0.05, 0.1) is 24.5 Å². The van der Waals surface area contributed by atoms with Crippen molar-refractivity contribution in [3.8, 4) is 5.75 Å². The highest BCUT2D eigenvalue weighted by molar-refractivity contribution is 7.98. The molecule has 0 radical (unpaired) electrons. The number of rotatable bonds is 18. The first-order valence-corrected chi connectivity index (χ1v) is 41.8. The Morgan fingerprint density at radius 3 is 1.65 bits per heavy atom. The van der Waals surface area contributed by atoms with Crippen LogP contribution >= 0.6 is 23.5 Å². The molecule has 12 amide bonds. The van der Waals surface area contributed by atoms with E-state index in [9.17, 15) is 78.3 Å². The molecule has 36 heteroatoms. The van der Waals surface area contributed by atoms with Gasteiger partial charge in [0.15, 0.2) is 0 Å². The molecule has 3 saturated heterocycles. The minimum Gasteiger partial charge on any atom is -0.508 e. The third-order valence-corrected chi connectivity index (χ3v) is 23.3. The van der Waals surface area contributed by atoms with Crippen LogP contribution in [0.25, 0.3) is 0 Å². The van der Waals surface area contributed by atoms with Gasteiger partial charge in [-0.1, -0.05) is 83.9 Å². The van der Waals surface area contributed by atoms with Crippen LogP contribution in [-0.2, 0) is 80.3 Å². The number of carbonyl (C=O) groups is 13. The van der Waals surface area contributed by atoms with Gasteiger partial charge in [-0.05, 0) is 156 Å². The van der Waals surface area contributed by atoms with E-state index < -0.39 is 186 Å². The molecule has 34 nitrogen and oxygen atoms in total. The Kier molecular flexibility index (Phi) is 36.8. The zero-order chi connectivity index (χ0) is 82.6. The van der Waals surface area contributed by atoms with E-state index in [-0.39, 0.29) is 93.2 Å². The van der Waals surface area contributed by atoms with Crippen molar-refractivity contribution in [2.24, 2.45) is 28.9 Å². The fourth-order valence-corrected chi connectivity index (χ4v) is 16.7. The highest BCUT2D eigenvalue weighted by atomic mass is 32.2. The Labute approximate surface area is 668 Å². The van der Waals surface area contributed by atoms with Crippen LogP contribution in [0.2, 0.25) is 0 Å². The summed E-state index contributed by atoms with van der Waals surface area (Å²) in [6.45, 7) is 13.0. The second-order valence-corrected chi connectivity index (χ2v) is 33.7. The topological polar surface area (TPSA) is 530 Å². The summed E-state index contributed by atoms with van der Waals surface area (Å²) in [5.74, 6) is -11.4. The van der Waals surface area contributed by atoms with E-state index in [1.54, 1.807) is 34.6 Å². The minimum absolute atomic E-state index is 0.00249. The number of benzene rings is 2. The molecule has 22 N–H and O–H groups in total. The number of hydrogen-bond acceptors (Lipinski definition) is 23. The van der Waals surface area contributed by atoms with Crippen molar-refractivity contribution >= 4 is 100 Å². The average Bonchev–Trinajstić information content (AvgIpc) is 1.75. The fraction of sp³-hybridized carbons (Fsp3) is 0.675. The standard InChI is InChI=1S/C77H120N16O18S2/c1-8-12-52-67(102)85-54(25-26-61(99)100)68(103)86-55(31-43-17-21-49(96)22-18-43)70(105)84-53(13-9-2)69(104)92-63(42(4)95)75(110)90-59(65(78)101)39-113-38-46-15-10-14-45(30-46)37-112-29-27-60(98)91-64(77(5,6)7)76(111)89-56(32-44-19-23-50(97)24-20-44)71(106)87-58(34-48-36-79-40-82-48)73(108)93-62(41(3)94)74(109)88-57(72(107)83-52)33-47-35-81-66-51(47)16-11-28-80-66/h10,14-15,17-18,21-22,30,41-42,44,47-48,50-59,62-64,66,79-82,94-97H,8-9,11-13,16,19-20,23-29,31-40H2,1-7H3,(H2,78,101)(H,83,107)(H,84,105)(H,85,102)(H,86,103)(H,87,106)(H,88,109)(H,89,111)(H,90,110)(H,91,98)(H,92,104)(H,93,108)(H,99,100)/t41-,42-,44?,47?,48?,50?,51?,52+,53+,54+,55-,56+,57+,58+,59+,62+,63+,64-,66?/m1/s1. The van der Waals surface area contributed by atoms with Gasteiger partial charge in [0, 0.05) is 61.5 Å². The molecule has 1 saturated carbocycles. The maximum Gasteiger partial charge on any atom is 0.303 e. The third-order valence-electron chi connectivity index (χ3n) is 21.2. The smallest absolute Gasteiger partial charge is 0.303 e. The lowest BCUT2D eigenvalue weighted by Gasteiger charge is -2.34. The molecule has 628 valence electrons. The summed E-state index contributed by atoms with van der Waals surface area (Å²) in [4.78, 5) is 187. The van der Waals surface area contributed by atoms with E-state index in [0.29, 0.717) is 68.3 Å². The van der Waals surface area contributed by atoms with E-state index in [1.807, 2.05) is 24.3 Å². The van der Waals surface area contributed by atoms with Gasteiger partial charge >= 0.3 is 5.97 Å². The fourth-order valence-electron chi connectivity index (χ4n) is 14.8. The van der Waals surface area contributed by atoms with E-state index in [2.05, 4.69) is 79.8 Å². The maximum absolute atomic E-state index is 15.1. The molecule has 113 heavy (non-hydrogen) atoms. The van der Waals surface area contributed by atoms with Crippen molar-refractivity contribution in [3.05, 3.63) is 65.2 Å². The van der Waals surface area contributed by atoms with Gasteiger partial charge in [-0.15, -0.1) is 0 Å². The molecule has 4 heterocycles. The summed E-state index contributed by atoms with van der Waals surface area (Å²) in [6.07, 6.45) is -1.65. The van der Waals surface area contributed by atoms with Gasteiger partial charge in [-0.2, -0.15) is 23.5 Å². The lowest BCUT2D eigenvalue weighted by atomic mass is 9.82. The van der Waals surface area contributed by atoms with Crippen molar-refractivity contribution in [1.29, 1.82) is 0 Å². The molecule has 17 atom stereocenters. The van der Waals surface area contributed by atoms with E-state index in [4.69, 9.17) is 5.73 Å². The van der Waals surface area contributed by atoms with Crippen LogP contribution in [0.1, 0.15) is 168 Å². The van der Waals surface area contributed by atoms with E-state index in [1.165, 1.54) is 61.6 Å². The van der Waals surface area contributed by atoms with Crippen LogP contribution in [0.3, 0.4) is 0 Å². The first-order chi connectivity index (χ1) is 53.7. The van der Waals surface area contributed by atoms with Gasteiger partial charge in [-0.3, -0.25) is 62.3 Å². The number of carbonyl (C=O) groups excluding carboxylic acids is 12. The lowest BCUT2D eigenvalue weighted by Crippen LogP contribution is -2.63. The second-order valence-electron chi connectivity index (χ2n) is 31.5. The molecule has 0 aromatic heterocycles. The third kappa shape index (κ3) is 29.5. The van der Waals surface area contributed by atoms with Crippen molar-refractivity contribution in [2.45, 2.75) is 266 Å². The summed E-state index contributed by atoms with van der Waals surface area (Å²) in [5.41, 5.74) is 7.02. The largest absolute Gasteiger partial charge is 0.508 e. The SMILES string of the molecule is CCC[C@@H]1NC(=O)[C@H](CC2CNC3NCCCC23)NC(=O)[C@H]([C@@H](C)O)NC(=O)[C@H](CC2CNCN2)NC(=O)[C@H](CC2CCC(O)CC2)NC(=O)[C@H](C(C)(C)C)NC(=O)CCSCc2cccc(c2)CSC[C@@H](C(N)=O)NC(=O)[C@H]([C@@H](C)O)NC(=O)[C@H](CCC)NC(=O)[C@@H](Cc2ccc(O)cc2)NC(=O)[C@H](CCC(=O)O)NC1=O. The van der Waals surface area contributed by atoms with Crippen LogP contribution in [0.4, 0.5) is 0 Å².